The molecule has 1 atom stereocenters. The van der Waals surface area contributed by atoms with Crippen molar-refractivity contribution in [2.24, 2.45) is 0 Å². The van der Waals surface area contributed by atoms with Crippen molar-refractivity contribution in [1.29, 1.82) is 0 Å². The third-order valence-electron chi connectivity index (χ3n) is 4.28. The minimum absolute atomic E-state index is 0.0814. The van der Waals surface area contributed by atoms with Gasteiger partial charge in [-0.3, -0.25) is 0 Å². The monoisotopic (exact) mass is 293 g/mol. The molecule has 1 aromatic heterocycles. The molecule has 1 N–H and O–H groups in total. The Kier molecular flexibility index (Phi) is 3.49. The van der Waals surface area contributed by atoms with Crippen LogP contribution in [0.1, 0.15) is 40.1 Å². The van der Waals surface area contributed by atoms with E-state index in [1.807, 2.05) is 37.3 Å². The summed E-state index contributed by atoms with van der Waals surface area (Å²) in [5.74, 6) is -0.871. The summed E-state index contributed by atoms with van der Waals surface area (Å²) < 4.78 is 2.12. The van der Waals surface area contributed by atoms with E-state index in [0.29, 0.717) is 5.56 Å². The molecule has 3 nitrogen and oxygen atoms in total. The number of hydrogen-bond donors (Lipinski definition) is 1. The summed E-state index contributed by atoms with van der Waals surface area (Å²) in [7, 11) is 0. The maximum Gasteiger partial charge on any atom is 0.338 e. The van der Waals surface area contributed by atoms with Crippen LogP contribution in [0.5, 0.6) is 0 Å². The van der Waals surface area contributed by atoms with Crippen LogP contribution in [0.25, 0.3) is 10.9 Å². The Labute approximate surface area is 129 Å². The van der Waals surface area contributed by atoms with Crippen molar-refractivity contribution in [1.82, 2.24) is 4.57 Å². The molecule has 22 heavy (non-hydrogen) atoms. The van der Waals surface area contributed by atoms with Crippen LogP contribution in [0.3, 0.4) is 0 Å². The molecule has 0 radical (unpaired) electrons. The molecule has 112 valence electrons. The number of fused-ring (bicyclic) bond motifs is 1. The molecule has 0 saturated carbocycles. The fourth-order valence-corrected chi connectivity index (χ4v) is 3.24. The zero-order valence-corrected chi connectivity index (χ0v) is 13.0. The summed E-state index contributed by atoms with van der Waals surface area (Å²) in [6.45, 7) is 6.06. The summed E-state index contributed by atoms with van der Waals surface area (Å²) >= 11 is 0. The number of carboxylic acids is 1. The van der Waals surface area contributed by atoms with Gasteiger partial charge < -0.3 is 9.67 Å². The average molecular weight is 293 g/mol. The topological polar surface area (TPSA) is 42.2 Å². The molecule has 2 aromatic carbocycles. The molecular formula is C19H19NO2. The Hall–Kier alpha value is -2.55. The van der Waals surface area contributed by atoms with E-state index in [-0.39, 0.29) is 6.04 Å². The average Bonchev–Trinajstić information content (AvgIpc) is 2.78. The van der Waals surface area contributed by atoms with Gasteiger partial charge in [-0.1, -0.05) is 48.0 Å². The predicted octanol–water partition coefficient (Wildman–Crippen LogP) is 4.57. The van der Waals surface area contributed by atoms with Gasteiger partial charge in [-0.05, 0) is 32.4 Å². The Morgan fingerprint density at radius 3 is 2.50 bits per heavy atom. The highest BCUT2D eigenvalue weighted by molar-refractivity contribution is 6.05. The predicted molar refractivity (Wildman–Crippen MR) is 88.6 cm³/mol. The van der Waals surface area contributed by atoms with Crippen molar-refractivity contribution in [2.75, 3.05) is 0 Å². The summed E-state index contributed by atoms with van der Waals surface area (Å²) in [5.41, 5.74) is 4.54. The maximum absolute atomic E-state index is 11.6. The van der Waals surface area contributed by atoms with E-state index in [2.05, 4.69) is 36.6 Å². The highest BCUT2D eigenvalue weighted by Crippen LogP contribution is 2.31. The van der Waals surface area contributed by atoms with Crippen molar-refractivity contribution in [3.63, 3.8) is 0 Å². The van der Waals surface area contributed by atoms with E-state index < -0.39 is 5.97 Å². The molecule has 0 amide bonds. The highest BCUT2D eigenvalue weighted by Gasteiger charge is 2.22. The largest absolute Gasteiger partial charge is 0.478 e. The molecule has 0 fully saturated rings. The maximum atomic E-state index is 11.6. The lowest BCUT2D eigenvalue weighted by molar-refractivity contribution is 0.0698. The standard InChI is InChI=1S/C19H19NO2/c1-12-7-6-8-15(11-12)13(2)20-14(3)18(19(21)22)16-9-4-5-10-17(16)20/h4-11,13H,1-3H3,(H,21,22). The van der Waals surface area contributed by atoms with Crippen molar-refractivity contribution in [2.45, 2.75) is 26.8 Å². The van der Waals surface area contributed by atoms with Gasteiger partial charge in [0.2, 0.25) is 0 Å². The molecule has 0 spiro atoms. The van der Waals surface area contributed by atoms with Crippen molar-refractivity contribution < 1.29 is 9.90 Å². The van der Waals surface area contributed by atoms with Crippen LogP contribution in [0.15, 0.2) is 48.5 Å². The van der Waals surface area contributed by atoms with E-state index in [1.54, 1.807) is 0 Å². The fourth-order valence-electron chi connectivity index (χ4n) is 3.24. The molecule has 0 aliphatic rings. The van der Waals surface area contributed by atoms with E-state index in [0.717, 1.165) is 16.6 Å². The van der Waals surface area contributed by atoms with Gasteiger partial charge in [0.1, 0.15) is 0 Å². The van der Waals surface area contributed by atoms with Gasteiger partial charge in [0.15, 0.2) is 0 Å². The first-order valence-electron chi connectivity index (χ1n) is 7.40. The van der Waals surface area contributed by atoms with E-state index >= 15 is 0 Å². The van der Waals surface area contributed by atoms with Crippen LogP contribution in [-0.4, -0.2) is 15.6 Å². The molecule has 0 aliphatic carbocycles. The molecule has 1 unspecified atom stereocenters. The van der Waals surface area contributed by atoms with Gasteiger partial charge in [-0.2, -0.15) is 0 Å². The summed E-state index contributed by atoms with van der Waals surface area (Å²) in [6.07, 6.45) is 0. The van der Waals surface area contributed by atoms with Gasteiger partial charge in [0.25, 0.3) is 0 Å². The molecule has 3 heteroatoms. The van der Waals surface area contributed by atoms with Crippen LogP contribution in [0.2, 0.25) is 0 Å². The first-order chi connectivity index (χ1) is 10.5. The second kappa shape index (κ2) is 5.34. The van der Waals surface area contributed by atoms with Gasteiger partial charge in [0.05, 0.1) is 11.6 Å². The third-order valence-corrected chi connectivity index (χ3v) is 4.28. The van der Waals surface area contributed by atoms with E-state index in [1.165, 1.54) is 11.1 Å². The van der Waals surface area contributed by atoms with Crippen LogP contribution in [0, 0.1) is 13.8 Å². The molecular weight excluding hydrogens is 274 g/mol. The smallest absolute Gasteiger partial charge is 0.338 e. The summed E-state index contributed by atoms with van der Waals surface area (Å²) in [6, 6.07) is 16.1. The van der Waals surface area contributed by atoms with Crippen LogP contribution in [0.4, 0.5) is 0 Å². The second-order valence-corrected chi connectivity index (χ2v) is 5.74. The number of aromatic nitrogens is 1. The number of aromatic carboxylic acids is 1. The minimum Gasteiger partial charge on any atom is -0.478 e. The number of hydrogen-bond acceptors (Lipinski definition) is 1. The van der Waals surface area contributed by atoms with Gasteiger partial charge in [0, 0.05) is 16.6 Å². The van der Waals surface area contributed by atoms with Crippen molar-refractivity contribution in [3.8, 4) is 0 Å². The number of nitrogens with zero attached hydrogens (tertiary/aromatic N) is 1. The normalized spacial score (nSPS) is 12.5. The summed E-state index contributed by atoms with van der Waals surface area (Å²) in [4.78, 5) is 11.6. The third kappa shape index (κ3) is 2.19. The molecule has 0 saturated heterocycles. The number of carbonyl (C=O) groups is 1. The summed E-state index contributed by atoms with van der Waals surface area (Å²) in [5, 5.41) is 10.4. The molecule has 0 bridgehead atoms. The van der Waals surface area contributed by atoms with Gasteiger partial charge in [-0.15, -0.1) is 0 Å². The van der Waals surface area contributed by atoms with Crippen LogP contribution < -0.4 is 0 Å². The zero-order chi connectivity index (χ0) is 15.9. The fraction of sp³-hybridized carbons (Fsp3) is 0.211. The molecule has 3 aromatic rings. The Morgan fingerprint density at radius 1 is 1.09 bits per heavy atom. The second-order valence-electron chi connectivity index (χ2n) is 5.74. The first kappa shape index (κ1) is 14.4. The Bertz CT molecular complexity index is 861. The number of aryl methyl sites for hydroxylation is 1. The van der Waals surface area contributed by atoms with Crippen molar-refractivity contribution >= 4 is 16.9 Å². The number of benzene rings is 2. The zero-order valence-electron chi connectivity index (χ0n) is 13.0. The van der Waals surface area contributed by atoms with Crippen molar-refractivity contribution in [3.05, 3.63) is 70.9 Å². The lowest BCUT2D eigenvalue weighted by Gasteiger charge is -2.18. The number of rotatable bonds is 3. The quantitative estimate of drug-likeness (QED) is 0.769. The number of para-hydroxylation sites is 1. The molecule has 1 heterocycles. The van der Waals surface area contributed by atoms with Crippen LogP contribution in [-0.2, 0) is 0 Å². The van der Waals surface area contributed by atoms with Gasteiger partial charge >= 0.3 is 5.97 Å². The van der Waals surface area contributed by atoms with E-state index in [9.17, 15) is 9.90 Å². The lowest BCUT2D eigenvalue weighted by atomic mass is 10.1. The SMILES string of the molecule is Cc1cccc(C(C)n2c(C)c(C(=O)O)c3ccccc32)c1. The van der Waals surface area contributed by atoms with Gasteiger partial charge in [-0.25, -0.2) is 4.79 Å². The molecule has 0 aliphatic heterocycles. The Balaban J connectivity index is 2.27. The minimum atomic E-state index is -0.871. The molecule has 3 rings (SSSR count). The van der Waals surface area contributed by atoms with E-state index in [4.69, 9.17) is 0 Å². The number of carboxylic acid groups (broad SMARTS) is 1. The van der Waals surface area contributed by atoms with Crippen LogP contribution >= 0.6 is 0 Å². The first-order valence-corrected chi connectivity index (χ1v) is 7.40. The Morgan fingerprint density at radius 2 is 1.82 bits per heavy atom. The highest BCUT2D eigenvalue weighted by atomic mass is 16.4. The lowest BCUT2D eigenvalue weighted by Crippen LogP contribution is -2.10.